The summed E-state index contributed by atoms with van der Waals surface area (Å²) in [5.41, 5.74) is 3.72. The molecule has 0 fully saturated rings. The number of rotatable bonds is 66. The molecule has 0 unspecified atom stereocenters. The van der Waals surface area contributed by atoms with Crippen LogP contribution >= 0.6 is 0 Å². The Labute approximate surface area is 556 Å². The Hall–Kier alpha value is -0.319. The first-order valence-corrected chi connectivity index (χ1v) is 46.9. The zero-order valence-electron chi connectivity index (χ0n) is 60.5. The highest BCUT2D eigenvalue weighted by Crippen LogP contribution is 2.28. The normalized spacial score (nSPS) is 13.2. The van der Waals surface area contributed by atoms with Crippen LogP contribution in [-0.4, -0.2) is 226 Å². The van der Waals surface area contributed by atoms with Crippen LogP contribution in [0.3, 0.4) is 0 Å². The van der Waals surface area contributed by atoms with Crippen LogP contribution in [0.2, 0.25) is 36.3 Å². The molecule has 0 aliphatic rings. The van der Waals surface area contributed by atoms with E-state index in [1.54, 1.807) is 0 Å². The van der Waals surface area contributed by atoms with E-state index in [1.807, 2.05) is 125 Å². The van der Waals surface area contributed by atoms with Gasteiger partial charge in [-0.05, 0) is 219 Å². The Bertz CT molecular complexity index is 1440. The van der Waals surface area contributed by atoms with E-state index in [-0.39, 0.29) is 0 Å². The molecule has 0 bridgehead atoms. The zero-order chi connectivity index (χ0) is 66.9. The lowest BCUT2D eigenvalue weighted by molar-refractivity contribution is 0.0676. The first-order valence-electron chi connectivity index (χ1n) is 35.4. The van der Waals surface area contributed by atoms with Crippen molar-refractivity contribution in [3.63, 3.8) is 0 Å². The second-order valence-electron chi connectivity index (χ2n) is 21.5. The van der Waals surface area contributed by atoms with Gasteiger partial charge in [-0.1, -0.05) is 18.2 Å². The van der Waals surface area contributed by atoms with Gasteiger partial charge in [-0.25, -0.2) is 0 Å². The van der Waals surface area contributed by atoms with Crippen LogP contribution in [0, 0.1) is 0 Å². The lowest BCUT2D eigenvalue weighted by atomic mass is 10.0. The molecule has 0 radical (unpaired) electrons. The molecule has 1 rings (SSSR count). The molecule has 0 aliphatic carbocycles. The Kier molecular flexibility index (Phi) is 51.4. The van der Waals surface area contributed by atoms with Crippen molar-refractivity contribution in [2.45, 2.75) is 219 Å². The van der Waals surface area contributed by atoms with Crippen molar-refractivity contribution in [1.29, 1.82) is 0 Å². The SMILES string of the molecule is CCO[Si](CCCN(CCC[Si](OCC)(OCC)OCC)Cc1cc(CN(CCC[Si](OCC)(OCC)OCC)CCC[Si](OCC)(OCC)OCC)cc(CN(CCC[Si](OCC)(OCC)OCC)CCC[Si](OCC)(OCC)OCC)c1)(OCC)OCC. The molecule has 0 N–H and O–H groups in total. The molecule has 0 aromatic heterocycles. The summed E-state index contributed by atoms with van der Waals surface area (Å²) >= 11 is 0. The van der Waals surface area contributed by atoms with E-state index in [2.05, 4.69) is 32.9 Å². The van der Waals surface area contributed by atoms with Gasteiger partial charge < -0.3 is 79.7 Å². The van der Waals surface area contributed by atoms with Gasteiger partial charge in [0.15, 0.2) is 0 Å². The highest BCUT2D eigenvalue weighted by atomic mass is 28.4. The fraction of sp³-hybridized carbons (Fsp3) is 0.905. The van der Waals surface area contributed by atoms with E-state index in [4.69, 9.17) is 79.7 Å². The largest absolute Gasteiger partial charge is 0.500 e. The van der Waals surface area contributed by atoms with Crippen LogP contribution in [-0.2, 0) is 99.3 Å². The second-order valence-corrected chi connectivity index (χ2v) is 37.9. The highest BCUT2D eigenvalue weighted by Gasteiger charge is 2.45. The van der Waals surface area contributed by atoms with Crippen LogP contribution in [0.4, 0.5) is 0 Å². The number of benzene rings is 1. The summed E-state index contributed by atoms with van der Waals surface area (Å²) in [5.74, 6) is 0. The Morgan fingerprint density at radius 2 is 0.311 bits per heavy atom. The monoisotopic (exact) mass is 1390 g/mol. The van der Waals surface area contributed by atoms with E-state index in [0.29, 0.717) is 175 Å². The lowest BCUT2D eigenvalue weighted by Crippen LogP contribution is -2.47. The van der Waals surface area contributed by atoms with E-state index < -0.39 is 52.8 Å². The van der Waals surface area contributed by atoms with E-state index in [0.717, 1.165) is 77.8 Å². The quantitative estimate of drug-likeness (QED) is 0.0562. The summed E-state index contributed by atoms with van der Waals surface area (Å²) in [6.45, 7) is 52.9. The van der Waals surface area contributed by atoms with Gasteiger partial charge in [-0.2, -0.15) is 0 Å². The maximum absolute atomic E-state index is 6.40. The van der Waals surface area contributed by atoms with Crippen molar-refractivity contribution in [2.75, 3.05) is 158 Å². The molecular weight excluding hydrogens is 1260 g/mol. The maximum Gasteiger partial charge on any atom is 0.500 e. The van der Waals surface area contributed by atoms with Gasteiger partial charge in [0.25, 0.3) is 0 Å². The van der Waals surface area contributed by atoms with E-state index in [9.17, 15) is 0 Å². The van der Waals surface area contributed by atoms with Crippen molar-refractivity contribution in [2.24, 2.45) is 0 Å². The van der Waals surface area contributed by atoms with Crippen molar-refractivity contribution < 1.29 is 79.7 Å². The van der Waals surface area contributed by atoms with Gasteiger partial charge in [0, 0.05) is 175 Å². The van der Waals surface area contributed by atoms with Crippen LogP contribution in [0.5, 0.6) is 0 Å². The molecule has 27 heteroatoms. The van der Waals surface area contributed by atoms with Gasteiger partial charge in [0.2, 0.25) is 0 Å². The summed E-state index contributed by atoms with van der Waals surface area (Å²) in [6.07, 6.45) is 5.02. The Morgan fingerprint density at radius 3 is 0.411 bits per heavy atom. The molecule has 0 spiro atoms. The summed E-state index contributed by atoms with van der Waals surface area (Å²) < 4.78 is 115. The van der Waals surface area contributed by atoms with E-state index >= 15 is 0 Å². The van der Waals surface area contributed by atoms with Gasteiger partial charge in [-0.15, -0.1) is 0 Å². The lowest BCUT2D eigenvalue weighted by Gasteiger charge is -2.32. The maximum atomic E-state index is 6.40. The van der Waals surface area contributed by atoms with Crippen molar-refractivity contribution in [3.8, 4) is 0 Å². The second kappa shape index (κ2) is 52.8. The van der Waals surface area contributed by atoms with Gasteiger partial charge in [0.05, 0.1) is 0 Å². The summed E-state index contributed by atoms with van der Waals surface area (Å²) in [4.78, 5) is 7.76. The molecule has 1 aromatic rings. The summed E-state index contributed by atoms with van der Waals surface area (Å²) in [6, 6.07) is 11.6. The third-order valence-corrected chi connectivity index (χ3v) is 33.5. The molecule has 534 valence electrons. The Balaban J connectivity index is 4.37. The third kappa shape index (κ3) is 34.8. The van der Waals surface area contributed by atoms with Crippen LogP contribution < -0.4 is 0 Å². The minimum atomic E-state index is -2.93. The topological polar surface area (TPSA) is 176 Å². The predicted molar refractivity (Wildman–Crippen MR) is 373 cm³/mol. The molecule has 0 atom stereocenters. The molecule has 90 heavy (non-hydrogen) atoms. The molecule has 0 amide bonds. The highest BCUT2D eigenvalue weighted by molar-refractivity contribution is 6.62. The first kappa shape index (κ1) is 87.7. The fourth-order valence-electron chi connectivity index (χ4n) is 11.8. The third-order valence-electron chi connectivity index (χ3n) is 14.6. The molecule has 1 aromatic carbocycles. The molecule has 21 nitrogen and oxygen atoms in total. The van der Waals surface area contributed by atoms with Gasteiger partial charge in [0.1, 0.15) is 0 Å². The van der Waals surface area contributed by atoms with Gasteiger partial charge in [-0.3, -0.25) is 14.7 Å². The standard InChI is InChI=1S/C63H135N3O18Si6/c1-19-67-85(68-20-2,69-21-3)49-37-43-64(44-38-50-86(70-22-4,71-23-5)72-24-6)58-61-55-62(59-65(45-39-51-87(73-25-7,74-26-8)75-27-9)46-40-52-88(76-28-10,77-29-11)78-30-12)57-63(56-61)60-66(47-41-53-89(79-31-13,80-32-14)81-33-15)48-42-54-90(82-34-16,83-35-17)84-36-18/h55-57H,19-54,58-60H2,1-18H3. The van der Waals surface area contributed by atoms with Crippen molar-refractivity contribution >= 4 is 52.8 Å². The first-order chi connectivity index (χ1) is 43.6. The van der Waals surface area contributed by atoms with Crippen LogP contribution in [0.1, 0.15) is 180 Å². The van der Waals surface area contributed by atoms with Gasteiger partial charge >= 0.3 is 52.8 Å². The molecule has 0 heterocycles. The van der Waals surface area contributed by atoms with Crippen molar-refractivity contribution in [3.05, 3.63) is 34.9 Å². The van der Waals surface area contributed by atoms with E-state index in [1.165, 1.54) is 16.7 Å². The average Bonchev–Trinajstić information content (AvgIpc) is 2.72. The van der Waals surface area contributed by atoms with Crippen molar-refractivity contribution in [1.82, 2.24) is 14.7 Å². The average molecular weight is 1390 g/mol. The number of nitrogens with zero attached hydrogens (tertiary/aromatic N) is 3. The number of hydrogen-bond acceptors (Lipinski definition) is 21. The molecule has 0 saturated heterocycles. The summed E-state index contributed by atoms with van der Waals surface area (Å²) in [5, 5.41) is 0. The Morgan fingerprint density at radius 1 is 0.200 bits per heavy atom. The fourth-order valence-corrected chi connectivity index (χ4v) is 27.4. The number of hydrogen-bond donors (Lipinski definition) is 0. The molecular formula is C63H135N3O18Si6. The zero-order valence-corrected chi connectivity index (χ0v) is 66.5. The predicted octanol–water partition coefficient (Wildman–Crippen LogP) is 12.7. The molecule has 0 saturated carbocycles. The molecule has 0 aliphatic heterocycles. The van der Waals surface area contributed by atoms with Crippen LogP contribution in [0.15, 0.2) is 18.2 Å². The summed E-state index contributed by atoms with van der Waals surface area (Å²) in [7, 11) is -17.6. The minimum absolute atomic E-state index is 0.532. The van der Waals surface area contributed by atoms with Crippen LogP contribution in [0.25, 0.3) is 0 Å². The smallest absolute Gasteiger partial charge is 0.374 e. The minimum Gasteiger partial charge on any atom is -0.374 e.